The van der Waals surface area contributed by atoms with Gasteiger partial charge in [0.2, 0.25) is 0 Å². The second kappa shape index (κ2) is 5.78. The molecule has 1 aliphatic carbocycles. The smallest absolute Gasteiger partial charge is 0.156 e. The first-order valence-corrected chi connectivity index (χ1v) is 7.93. The molecule has 0 spiro atoms. The van der Waals surface area contributed by atoms with Gasteiger partial charge in [0, 0.05) is 10.7 Å². The summed E-state index contributed by atoms with van der Waals surface area (Å²) in [6.07, 6.45) is 2.06. The first kappa shape index (κ1) is 14.5. The van der Waals surface area contributed by atoms with Crippen LogP contribution in [0, 0.1) is 0 Å². The van der Waals surface area contributed by atoms with Gasteiger partial charge in [0.25, 0.3) is 0 Å². The Bertz CT molecular complexity index is 690. The number of ether oxygens (including phenoxy) is 1. The van der Waals surface area contributed by atoms with Crippen LogP contribution >= 0.6 is 27.5 Å². The summed E-state index contributed by atoms with van der Waals surface area (Å²) in [4.78, 5) is 0. The standard InChI is InChI=1S/C16H16BrClN2O/c1-21-16-13(17)7-10(18)8-15(16)20-14-5-2-9-6-11(19)3-4-12(9)14/h3-4,6-8,14,20H,2,5,19H2,1H3. The van der Waals surface area contributed by atoms with Gasteiger partial charge < -0.3 is 15.8 Å². The van der Waals surface area contributed by atoms with E-state index < -0.39 is 0 Å². The van der Waals surface area contributed by atoms with E-state index in [9.17, 15) is 0 Å². The number of aryl methyl sites for hydroxylation is 1. The number of nitrogens with two attached hydrogens (primary N) is 1. The van der Waals surface area contributed by atoms with Crippen LogP contribution in [-0.2, 0) is 6.42 Å². The Balaban J connectivity index is 1.93. The summed E-state index contributed by atoms with van der Waals surface area (Å²) in [7, 11) is 1.66. The molecule has 0 saturated carbocycles. The third-order valence-electron chi connectivity index (χ3n) is 3.79. The van der Waals surface area contributed by atoms with Crippen LogP contribution in [0.4, 0.5) is 11.4 Å². The SMILES string of the molecule is COc1c(Br)cc(Cl)cc1NC1CCc2cc(N)ccc21. The normalized spacial score (nSPS) is 16.6. The number of nitrogen functional groups attached to an aromatic ring is 1. The van der Waals surface area contributed by atoms with Gasteiger partial charge in [-0.15, -0.1) is 0 Å². The lowest BCUT2D eigenvalue weighted by atomic mass is 10.1. The topological polar surface area (TPSA) is 47.3 Å². The molecular weight excluding hydrogens is 352 g/mol. The summed E-state index contributed by atoms with van der Waals surface area (Å²) in [5.74, 6) is 0.767. The van der Waals surface area contributed by atoms with Crippen molar-refractivity contribution in [1.82, 2.24) is 0 Å². The molecule has 3 nitrogen and oxygen atoms in total. The van der Waals surface area contributed by atoms with Gasteiger partial charge >= 0.3 is 0 Å². The molecule has 1 aliphatic rings. The molecule has 0 fully saturated rings. The number of hydrogen-bond donors (Lipinski definition) is 2. The molecule has 5 heteroatoms. The Morgan fingerprint density at radius 2 is 2.14 bits per heavy atom. The quantitative estimate of drug-likeness (QED) is 0.767. The van der Waals surface area contributed by atoms with Crippen molar-refractivity contribution < 1.29 is 4.74 Å². The van der Waals surface area contributed by atoms with Crippen molar-refractivity contribution in [2.24, 2.45) is 0 Å². The molecule has 0 amide bonds. The largest absolute Gasteiger partial charge is 0.493 e. The molecular formula is C16H16BrClN2O. The summed E-state index contributed by atoms with van der Waals surface area (Å²) in [6, 6.07) is 10.1. The van der Waals surface area contributed by atoms with Crippen LogP contribution in [0.3, 0.4) is 0 Å². The highest BCUT2D eigenvalue weighted by Crippen LogP contribution is 2.41. The third kappa shape index (κ3) is 2.83. The average Bonchev–Trinajstić information content (AvgIpc) is 2.80. The number of benzene rings is 2. The predicted molar refractivity (Wildman–Crippen MR) is 91.2 cm³/mol. The van der Waals surface area contributed by atoms with E-state index >= 15 is 0 Å². The van der Waals surface area contributed by atoms with Crippen molar-refractivity contribution in [3.05, 3.63) is 51.0 Å². The zero-order chi connectivity index (χ0) is 15.0. The highest BCUT2D eigenvalue weighted by Gasteiger charge is 2.23. The maximum absolute atomic E-state index is 6.14. The molecule has 3 rings (SSSR count). The minimum Gasteiger partial charge on any atom is -0.493 e. The molecule has 21 heavy (non-hydrogen) atoms. The lowest BCUT2D eigenvalue weighted by Gasteiger charge is -2.19. The van der Waals surface area contributed by atoms with Crippen molar-refractivity contribution >= 4 is 38.9 Å². The second-order valence-corrected chi connectivity index (χ2v) is 6.45. The van der Waals surface area contributed by atoms with E-state index in [1.54, 1.807) is 7.11 Å². The maximum atomic E-state index is 6.14. The molecule has 0 heterocycles. The lowest BCUT2D eigenvalue weighted by molar-refractivity contribution is 0.413. The summed E-state index contributed by atoms with van der Waals surface area (Å²) < 4.78 is 6.30. The minimum absolute atomic E-state index is 0.250. The Hall–Kier alpha value is -1.39. The van der Waals surface area contributed by atoms with E-state index in [1.165, 1.54) is 11.1 Å². The predicted octanol–water partition coefficient (Wildman–Crippen LogP) is 4.79. The molecule has 0 aliphatic heterocycles. The third-order valence-corrected chi connectivity index (χ3v) is 4.59. The fourth-order valence-electron chi connectivity index (χ4n) is 2.85. The molecule has 0 radical (unpaired) electrons. The zero-order valence-corrected chi connectivity index (χ0v) is 14.0. The molecule has 3 N–H and O–H groups in total. The molecule has 0 aromatic heterocycles. The van der Waals surface area contributed by atoms with E-state index in [0.717, 1.165) is 34.4 Å². The Morgan fingerprint density at radius 3 is 2.90 bits per heavy atom. The number of hydrogen-bond acceptors (Lipinski definition) is 3. The fraction of sp³-hybridized carbons (Fsp3) is 0.250. The van der Waals surface area contributed by atoms with Gasteiger partial charge in [-0.05, 0) is 64.2 Å². The van der Waals surface area contributed by atoms with E-state index in [4.69, 9.17) is 22.1 Å². The zero-order valence-electron chi connectivity index (χ0n) is 11.6. The highest BCUT2D eigenvalue weighted by atomic mass is 79.9. The van der Waals surface area contributed by atoms with Crippen molar-refractivity contribution in [2.45, 2.75) is 18.9 Å². The van der Waals surface area contributed by atoms with Gasteiger partial charge in [0.15, 0.2) is 5.75 Å². The summed E-state index contributed by atoms with van der Waals surface area (Å²) in [5.41, 5.74) is 10.2. The summed E-state index contributed by atoms with van der Waals surface area (Å²) in [5, 5.41) is 4.20. The van der Waals surface area contributed by atoms with Crippen LogP contribution in [0.15, 0.2) is 34.8 Å². The number of nitrogens with one attached hydrogen (secondary N) is 1. The molecule has 0 bridgehead atoms. The number of anilines is 2. The van der Waals surface area contributed by atoms with Crippen LogP contribution in [0.25, 0.3) is 0 Å². The lowest BCUT2D eigenvalue weighted by Crippen LogP contribution is -2.08. The number of fused-ring (bicyclic) bond motifs is 1. The highest BCUT2D eigenvalue weighted by molar-refractivity contribution is 9.10. The van der Waals surface area contributed by atoms with Crippen molar-refractivity contribution in [1.29, 1.82) is 0 Å². The Labute approximate surface area is 137 Å². The van der Waals surface area contributed by atoms with Crippen molar-refractivity contribution in [3.8, 4) is 5.75 Å². The number of halogens is 2. The van der Waals surface area contributed by atoms with Gasteiger partial charge in [0.05, 0.1) is 23.3 Å². The molecule has 2 aromatic carbocycles. The molecule has 2 aromatic rings. The Kier molecular flexibility index (Phi) is 4.00. The van der Waals surface area contributed by atoms with Gasteiger partial charge in [-0.3, -0.25) is 0 Å². The van der Waals surface area contributed by atoms with Crippen molar-refractivity contribution in [2.75, 3.05) is 18.2 Å². The van der Waals surface area contributed by atoms with Crippen LogP contribution in [0.1, 0.15) is 23.6 Å². The van der Waals surface area contributed by atoms with E-state index in [2.05, 4.69) is 33.4 Å². The van der Waals surface area contributed by atoms with Gasteiger partial charge in [-0.2, -0.15) is 0 Å². The summed E-state index contributed by atoms with van der Waals surface area (Å²) in [6.45, 7) is 0. The fourth-order valence-corrected chi connectivity index (χ4v) is 3.82. The van der Waals surface area contributed by atoms with Crippen LogP contribution in [0.2, 0.25) is 5.02 Å². The average molecular weight is 368 g/mol. The first-order chi connectivity index (χ1) is 10.1. The molecule has 1 unspecified atom stereocenters. The van der Waals surface area contributed by atoms with Gasteiger partial charge in [0.1, 0.15) is 0 Å². The van der Waals surface area contributed by atoms with E-state index in [0.29, 0.717) is 5.02 Å². The van der Waals surface area contributed by atoms with E-state index in [1.807, 2.05) is 18.2 Å². The number of rotatable bonds is 3. The Morgan fingerprint density at radius 1 is 1.33 bits per heavy atom. The minimum atomic E-state index is 0.250. The van der Waals surface area contributed by atoms with Crippen molar-refractivity contribution in [3.63, 3.8) is 0 Å². The molecule has 1 atom stereocenters. The van der Waals surface area contributed by atoms with Gasteiger partial charge in [-0.1, -0.05) is 17.7 Å². The van der Waals surface area contributed by atoms with E-state index in [-0.39, 0.29) is 6.04 Å². The number of methoxy groups -OCH3 is 1. The molecule has 110 valence electrons. The van der Waals surface area contributed by atoms with Crippen LogP contribution < -0.4 is 15.8 Å². The van der Waals surface area contributed by atoms with Crippen LogP contribution in [-0.4, -0.2) is 7.11 Å². The van der Waals surface area contributed by atoms with Crippen LogP contribution in [0.5, 0.6) is 5.75 Å². The first-order valence-electron chi connectivity index (χ1n) is 6.76. The maximum Gasteiger partial charge on any atom is 0.156 e. The molecule has 0 saturated heterocycles. The van der Waals surface area contributed by atoms with Gasteiger partial charge in [-0.25, -0.2) is 0 Å². The monoisotopic (exact) mass is 366 g/mol. The second-order valence-electron chi connectivity index (χ2n) is 5.16. The summed E-state index contributed by atoms with van der Waals surface area (Å²) >= 11 is 9.63.